The number of hydrogen-bond donors (Lipinski definition) is 2. The van der Waals surface area contributed by atoms with Crippen molar-refractivity contribution in [3.63, 3.8) is 0 Å². The van der Waals surface area contributed by atoms with E-state index in [0.29, 0.717) is 24.7 Å². The van der Waals surface area contributed by atoms with Gasteiger partial charge in [0.05, 0.1) is 18.2 Å². The molecule has 1 aliphatic heterocycles. The van der Waals surface area contributed by atoms with Crippen molar-refractivity contribution in [2.75, 3.05) is 32.8 Å². The summed E-state index contributed by atoms with van der Waals surface area (Å²) in [6, 6.07) is -0.169. The summed E-state index contributed by atoms with van der Waals surface area (Å²) in [5, 5.41) is 2.88. The minimum atomic E-state index is -0.169. The Labute approximate surface area is 119 Å². The zero-order valence-electron chi connectivity index (χ0n) is 11.5. The summed E-state index contributed by atoms with van der Waals surface area (Å²) >= 11 is 5.03. The molecule has 1 amide bonds. The van der Waals surface area contributed by atoms with Gasteiger partial charge in [-0.05, 0) is 25.2 Å². The van der Waals surface area contributed by atoms with E-state index in [4.69, 9.17) is 22.7 Å². The van der Waals surface area contributed by atoms with E-state index in [0.717, 1.165) is 32.4 Å². The Kier molecular flexibility index (Phi) is 4.76. The van der Waals surface area contributed by atoms with Gasteiger partial charge >= 0.3 is 0 Å². The van der Waals surface area contributed by atoms with Crippen LogP contribution in [0.2, 0.25) is 0 Å². The summed E-state index contributed by atoms with van der Waals surface area (Å²) in [5.41, 5.74) is 5.89. The van der Waals surface area contributed by atoms with Crippen molar-refractivity contribution in [2.45, 2.75) is 32.2 Å². The van der Waals surface area contributed by atoms with E-state index in [2.05, 4.69) is 10.2 Å². The molecule has 1 saturated heterocycles. The van der Waals surface area contributed by atoms with Crippen molar-refractivity contribution in [1.29, 1.82) is 0 Å². The van der Waals surface area contributed by atoms with Crippen LogP contribution in [0.15, 0.2) is 0 Å². The summed E-state index contributed by atoms with van der Waals surface area (Å²) in [5.74, 6) is 0.0633. The third-order valence-electron chi connectivity index (χ3n) is 3.94. The summed E-state index contributed by atoms with van der Waals surface area (Å²) in [6.07, 6.45) is 3.11. The van der Waals surface area contributed by atoms with Gasteiger partial charge in [0.15, 0.2) is 0 Å². The van der Waals surface area contributed by atoms with Gasteiger partial charge in [0, 0.05) is 26.1 Å². The smallest absolute Gasteiger partial charge is 0.239 e. The molecule has 6 heteroatoms. The molecule has 5 nitrogen and oxygen atoms in total. The largest absolute Gasteiger partial charge is 0.393 e. The van der Waals surface area contributed by atoms with Crippen molar-refractivity contribution in [3.8, 4) is 0 Å². The van der Waals surface area contributed by atoms with Crippen LogP contribution in [0.1, 0.15) is 26.2 Å². The van der Waals surface area contributed by atoms with Crippen molar-refractivity contribution in [3.05, 3.63) is 0 Å². The molecular formula is C13H23N3O2S. The number of rotatable bonds is 6. The van der Waals surface area contributed by atoms with Gasteiger partial charge in [-0.2, -0.15) is 0 Å². The zero-order valence-corrected chi connectivity index (χ0v) is 12.3. The Morgan fingerprint density at radius 3 is 2.89 bits per heavy atom. The monoisotopic (exact) mass is 285 g/mol. The second-order valence-electron chi connectivity index (χ2n) is 5.60. The molecular weight excluding hydrogens is 262 g/mol. The summed E-state index contributed by atoms with van der Waals surface area (Å²) in [6.45, 7) is 5.47. The van der Waals surface area contributed by atoms with Crippen molar-refractivity contribution < 1.29 is 9.53 Å². The highest BCUT2D eigenvalue weighted by Gasteiger charge is 2.46. The van der Waals surface area contributed by atoms with E-state index in [-0.39, 0.29) is 17.4 Å². The van der Waals surface area contributed by atoms with Crippen LogP contribution >= 0.6 is 12.2 Å². The fourth-order valence-corrected chi connectivity index (χ4v) is 3.03. The van der Waals surface area contributed by atoms with E-state index in [9.17, 15) is 4.79 Å². The minimum absolute atomic E-state index is 0.0633. The third kappa shape index (κ3) is 3.87. The van der Waals surface area contributed by atoms with Gasteiger partial charge in [-0.15, -0.1) is 0 Å². The van der Waals surface area contributed by atoms with Crippen LogP contribution in [-0.4, -0.2) is 54.7 Å². The van der Waals surface area contributed by atoms with Crippen LogP contribution in [0, 0.1) is 5.41 Å². The average Bonchev–Trinajstić information content (AvgIpc) is 3.08. The van der Waals surface area contributed by atoms with Gasteiger partial charge < -0.3 is 15.8 Å². The highest BCUT2D eigenvalue weighted by atomic mass is 32.1. The predicted octanol–water partition coefficient (Wildman–Crippen LogP) is 0.280. The molecule has 0 aromatic heterocycles. The first-order valence-electron chi connectivity index (χ1n) is 6.94. The SMILES string of the molecule is CCNC(=O)C1COCCN1CC1(CC(N)=S)CC1. The standard InChI is InChI=1S/C13H23N3O2S/c1-2-15-12(17)10-8-18-6-5-16(10)9-13(3-4-13)7-11(14)19/h10H,2-9H2,1H3,(H2,14,19)(H,15,17). The average molecular weight is 285 g/mol. The molecule has 3 N–H and O–H groups in total. The normalized spacial score (nSPS) is 25.8. The van der Waals surface area contributed by atoms with E-state index >= 15 is 0 Å². The summed E-state index contributed by atoms with van der Waals surface area (Å²) in [4.78, 5) is 14.9. The maximum Gasteiger partial charge on any atom is 0.239 e. The first-order chi connectivity index (χ1) is 9.06. The number of likely N-dealkylation sites (N-methyl/N-ethyl adjacent to an activating group) is 1. The maximum absolute atomic E-state index is 12.1. The highest BCUT2D eigenvalue weighted by Crippen LogP contribution is 2.49. The molecule has 1 aliphatic carbocycles. The molecule has 0 aromatic rings. The van der Waals surface area contributed by atoms with Gasteiger partial charge in [0.1, 0.15) is 6.04 Å². The molecule has 2 aliphatic rings. The van der Waals surface area contributed by atoms with Crippen LogP contribution < -0.4 is 11.1 Å². The Balaban J connectivity index is 1.96. The number of nitrogens with two attached hydrogens (primary N) is 1. The molecule has 19 heavy (non-hydrogen) atoms. The Bertz CT molecular complexity index is 358. The van der Waals surface area contributed by atoms with Crippen LogP contribution in [0.25, 0.3) is 0 Å². The number of nitrogens with one attached hydrogen (secondary N) is 1. The van der Waals surface area contributed by atoms with Gasteiger partial charge in [0.25, 0.3) is 0 Å². The number of morpholine rings is 1. The lowest BCUT2D eigenvalue weighted by Gasteiger charge is -2.36. The molecule has 0 spiro atoms. The lowest BCUT2D eigenvalue weighted by Crippen LogP contribution is -2.55. The van der Waals surface area contributed by atoms with Crippen molar-refractivity contribution in [1.82, 2.24) is 10.2 Å². The van der Waals surface area contributed by atoms with E-state index < -0.39 is 0 Å². The van der Waals surface area contributed by atoms with E-state index in [1.807, 2.05) is 6.92 Å². The summed E-state index contributed by atoms with van der Waals surface area (Å²) in [7, 11) is 0. The number of ether oxygens (including phenoxy) is 1. The number of thiocarbonyl (C=S) groups is 1. The second-order valence-corrected chi connectivity index (χ2v) is 6.12. The second kappa shape index (κ2) is 6.15. The molecule has 0 aromatic carbocycles. The topological polar surface area (TPSA) is 67.6 Å². The number of carbonyl (C=O) groups excluding carboxylic acids is 1. The van der Waals surface area contributed by atoms with Crippen LogP contribution in [0.5, 0.6) is 0 Å². The minimum Gasteiger partial charge on any atom is -0.393 e. The van der Waals surface area contributed by atoms with E-state index in [1.165, 1.54) is 0 Å². The van der Waals surface area contributed by atoms with Crippen LogP contribution in [0.4, 0.5) is 0 Å². The zero-order chi connectivity index (χ0) is 13.9. The number of nitrogens with zero attached hydrogens (tertiary/aromatic N) is 1. The number of amides is 1. The Morgan fingerprint density at radius 1 is 1.58 bits per heavy atom. The Hall–Kier alpha value is -0.720. The maximum atomic E-state index is 12.1. The summed E-state index contributed by atoms with van der Waals surface area (Å²) < 4.78 is 5.44. The number of carbonyl (C=O) groups is 1. The quantitative estimate of drug-likeness (QED) is 0.686. The molecule has 1 saturated carbocycles. The van der Waals surface area contributed by atoms with E-state index in [1.54, 1.807) is 0 Å². The van der Waals surface area contributed by atoms with Gasteiger partial charge in [-0.25, -0.2) is 0 Å². The third-order valence-corrected chi connectivity index (χ3v) is 4.08. The molecule has 2 fully saturated rings. The fourth-order valence-electron chi connectivity index (χ4n) is 2.73. The molecule has 0 radical (unpaired) electrons. The predicted molar refractivity (Wildman–Crippen MR) is 77.9 cm³/mol. The molecule has 1 atom stereocenters. The molecule has 2 rings (SSSR count). The first kappa shape index (κ1) is 14.7. The lowest BCUT2D eigenvalue weighted by atomic mass is 10.00. The van der Waals surface area contributed by atoms with Gasteiger partial charge in [-0.1, -0.05) is 12.2 Å². The molecule has 1 heterocycles. The molecule has 1 unspecified atom stereocenters. The lowest BCUT2D eigenvalue weighted by molar-refractivity contribution is -0.133. The van der Waals surface area contributed by atoms with Crippen LogP contribution in [-0.2, 0) is 9.53 Å². The van der Waals surface area contributed by atoms with Gasteiger partial charge in [-0.3, -0.25) is 9.69 Å². The van der Waals surface area contributed by atoms with Gasteiger partial charge in [0.2, 0.25) is 5.91 Å². The molecule has 0 bridgehead atoms. The van der Waals surface area contributed by atoms with Crippen molar-refractivity contribution >= 4 is 23.1 Å². The fraction of sp³-hybridized carbons (Fsp3) is 0.846. The van der Waals surface area contributed by atoms with Crippen LogP contribution in [0.3, 0.4) is 0 Å². The Morgan fingerprint density at radius 2 is 2.32 bits per heavy atom. The molecule has 108 valence electrons. The first-order valence-corrected chi connectivity index (χ1v) is 7.35. The van der Waals surface area contributed by atoms with Crippen molar-refractivity contribution in [2.24, 2.45) is 11.1 Å². The highest BCUT2D eigenvalue weighted by molar-refractivity contribution is 7.80. The number of hydrogen-bond acceptors (Lipinski definition) is 4.